The van der Waals surface area contributed by atoms with Gasteiger partial charge in [-0.3, -0.25) is 9.59 Å². The molecule has 1 aromatic heterocycles. The van der Waals surface area contributed by atoms with Gasteiger partial charge in [-0.2, -0.15) is 0 Å². The van der Waals surface area contributed by atoms with Gasteiger partial charge >= 0.3 is 5.97 Å². The predicted molar refractivity (Wildman–Crippen MR) is 132 cm³/mol. The Morgan fingerprint density at radius 3 is 2.62 bits per heavy atom. The van der Waals surface area contributed by atoms with Crippen LogP contribution in [0.1, 0.15) is 41.2 Å². The number of methoxy groups -OCH3 is 1. The molecule has 178 valence electrons. The number of nitrogens with one attached hydrogen (secondary N) is 1. The van der Waals surface area contributed by atoms with Gasteiger partial charge in [0.25, 0.3) is 0 Å². The summed E-state index contributed by atoms with van der Waals surface area (Å²) in [6, 6.07) is 14.1. The van der Waals surface area contributed by atoms with Crippen molar-refractivity contribution >= 4 is 29.3 Å². The van der Waals surface area contributed by atoms with E-state index < -0.39 is 6.04 Å². The smallest absolute Gasteiger partial charge is 0.308 e. The van der Waals surface area contributed by atoms with E-state index in [2.05, 4.69) is 10.3 Å². The van der Waals surface area contributed by atoms with Crippen LogP contribution in [0.2, 0.25) is 0 Å². The minimum atomic E-state index is -0.545. The Kier molecular flexibility index (Phi) is 9.22. The predicted octanol–water partition coefficient (Wildman–Crippen LogP) is 4.86. The van der Waals surface area contributed by atoms with Crippen LogP contribution >= 0.6 is 11.3 Å². The number of nitrogens with zero attached hydrogens (tertiary/aromatic N) is 1. The fourth-order valence-electron chi connectivity index (χ4n) is 3.20. The zero-order chi connectivity index (χ0) is 24.3. The van der Waals surface area contributed by atoms with E-state index in [1.807, 2.05) is 48.7 Å². The van der Waals surface area contributed by atoms with Gasteiger partial charge in [-0.25, -0.2) is 4.98 Å². The van der Waals surface area contributed by atoms with E-state index in [9.17, 15) is 9.59 Å². The summed E-state index contributed by atoms with van der Waals surface area (Å²) >= 11 is 1.59. The first kappa shape index (κ1) is 25.0. The zero-order valence-corrected chi connectivity index (χ0v) is 20.3. The first-order valence-corrected chi connectivity index (χ1v) is 11.8. The highest BCUT2D eigenvalue weighted by Crippen LogP contribution is 2.22. The molecule has 0 spiro atoms. The van der Waals surface area contributed by atoms with E-state index in [0.29, 0.717) is 12.4 Å². The molecule has 1 heterocycles. The van der Waals surface area contributed by atoms with Crippen LogP contribution in [0.25, 0.3) is 6.08 Å². The average Bonchev–Trinajstić information content (AvgIpc) is 3.27. The van der Waals surface area contributed by atoms with Crippen molar-refractivity contribution in [3.05, 3.63) is 81.8 Å². The Bertz CT molecular complexity index is 1120. The van der Waals surface area contributed by atoms with Crippen LogP contribution in [-0.4, -0.2) is 30.6 Å². The van der Waals surface area contributed by atoms with Gasteiger partial charge in [0.2, 0.25) is 5.91 Å². The van der Waals surface area contributed by atoms with Gasteiger partial charge in [-0.05, 0) is 55.3 Å². The molecule has 0 fully saturated rings. The first-order valence-electron chi connectivity index (χ1n) is 10.9. The van der Waals surface area contributed by atoms with Gasteiger partial charge in [0.15, 0.2) is 0 Å². The Labute approximate surface area is 203 Å². The van der Waals surface area contributed by atoms with Crippen LogP contribution in [0, 0.1) is 6.92 Å². The molecule has 8 heteroatoms. The van der Waals surface area contributed by atoms with E-state index in [-0.39, 0.29) is 24.9 Å². The standard InChI is InChI=1S/C26H28N2O5S/c1-4-32-26(30)15-24(20-6-5-7-23(14-20)31-3)28-25(29)13-10-19-8-11-22(12-9-19)33-16-21-17-34-18(2)27-21/h5-14,17,24H,4,15-16H2,1-3H3,(H,28,29)/b13-10+. The molecule has 34 heavy (non-hydrogen) atoms. The lowest BCUT2D eigenvalue weighted by Crippen LogP contribution is -2.29. The average molecular weight is 481 g/mol. The molecular weight excluding hydrogens is 452 g/mol. The number of hydrogen-bond donors (Lipinski definition) is 1. The van der Waals surface area contributed by atoms with Crippen LogP contribution in [0.4, 0.5) is 0 Å². The van der Waals surface area contributed by atoms with Crippen molar-refractivity contribution in [2.45, 2.75) is 32.9 Å². The molecule has 2 aromatic carbocycles. The molecule has 0 saturated carbocycles. The summed E-state index contributed by atoms with van der Waals surface area (Å²) < 4.78 is 16.1. The summed E-state index contributed by atoms with van der Waals surface area (Å²) in [7, 11) is 1.57. The fraction of sp³-hybridized carbons (Fsp3) is 0.269. The highest BCUT2D eigenvalue weighted by atomic mass is 32.1. The first-order chi connectivity index (χ1) is 16.5. The number of benzene rings is 2. The summed E-state index contributed by atoms with van der Waals surface area (Å²) in [6.45, 7) is 4.39. The van der Waals surface area contributed by atoms with Crippen LogP contribution in [0.3, 0.4) is 0 Å². The summed E-state index contributed by atoms with van der Waals surface area (Å²) in [6.07, 6.45) is 3.16. The van der Waals surface area contributed by atoms with Crippen molar-refractivity contribution in [1.82, 2.24) is 10.3 Å². The SMILES string of the molecule is CCOC(=O)CC(NC(=O)/C=C/c1ccc(OCc2csc(C)n2)cc1)c1cccc(OC)c1. The molecule has 7 nitrogen and oxygen atoms in total. The summed E-state index contributed by atoms with van der Waals surface area (Å²) in [5.74, 6) is 0.655. The summed E-state index contributed by atoms with van der Waals surface area (Å²) in [5, 5.41) is 5.87. The number of carbonyl (C=O) groups excluding carboxylic acids is 2. The van der Waals surface area contributed by atoms with Gasteiger partial charge in [-0.1, -0.05) is 24.3 Å². The Balaban J connectivity index is 1.61. The number of rotatable bonds is 11. The monoisotopic (exact) mass is 480 g/mol. The maximum atomic E-state index is 12.6. The van der Waals surface area contributed by atoms with Gasteiger partial charge in [0, 0.05) is 11.5 Å². The molecule has 3 rings (SSSR count). The van der Waals surface area contributed by atoms with Crippen LogP contribution < -0.4 is 14.8 Å². The second-order valence-corrected chi connectivity index (χ2v) is 8.46. The molecule has 0 saturated heterocycles. The molecule has 0 aliphatic heterocycles. The molecule has 1 amide bonds. The van der Waals surface area contributed by atoms with Crippen molar-refractivity contribution in [2.75, 3.05) is 13.7 Å². The maximum Gasteiger partial charge on any atom is 0.308 e. The van der Waals surface area contributed by atoms with E-state index in [1.54, 1.807) is 43.6 Å². The molecule has 0 aliphatic rings. The lowest BCUT2D eigenvalue weighted by atomic mass is 10.0. The molecule has 1 unspecified atom stereocenters. The third-order valence-corrected chi connectivity index (χ3v) is 5.67. The molecule has 0 bridgehead atoms. The molecular formula is C26H28N2O5S. The van der Waals surface area contributed by atoms with Crippen molar-refractivity contribution in [1.29, 1.82) is 0 Å². The largest absolute Gasteiger partial charge is 0.497 e. The van der Waals surface area contributed by atoms with Crippen molar-refractivity contribution in [3.63, 3.8) is 0 Å². The van der Waals surface area contributed by atoms with Gasteiger partial charge in [0.1, 0.15) is 18.1 Å². The second kappa shape index (κ2) is 12.6. The minimum Gasteiger partial charge on any atom is -0.497 e. The molecule has 1 atom stereocenters. The second-order valence-electron chi connectivity index (χ2n) is 7.40. The van der Waals surface area contributed by atoms with Gasteiger partial charge in [-0.15, -0.1) is 11.3 Å². The van der Waals surface area contributed by atoms with Crippen molar-refractivity contribution < 1.29 is 23.8 Å². The molecule has 3 aromatic rings. The number of aromatic nitrogens is 1. The van der Waals surface area contributed by atoms with Crippen LogP contribution in [0.15, 0.2) is 60.0 Å². The van der Waals surface area contributed by atoms with Crippen LogP contribution in [0.5, 0.6) is 11.5 Å². The normalized spacial score (nSPS) is 11.7. The van der Waals surface area contributed by atoms with E-state index in [4.69, 9.17) is 14.2 Å². The number of hydrogen-bond acceptors (Lipinski definition) is 7. The number of thiazole rings is 1. The quantitative estimate of drug-likeness (QED) is 0.311. The lowest BCUT2D eigenvalue weighted by Gasteiger charge is -2.18. The Morgan fingerprint density at radius 2 is 1.94 bits per heavy atom. The van der Waals surface area contributed by atoms with Crippen molar-refractivity contribution in [3.8, 4) is 11.5 Å². The number of ether oxygens (including phenoxy) is 3. The lowest BCUT2D eigenvalue weighted by molar-refractivity contribution is -0.143. The van der Waals surface area contributed by atoms with Crippen molar-refractivity contribution in [2.24, 2.45) is 0 Å². The third-order valence-electron chi connectivity index (χ3n) is 4.85. The summed E-state index contributed by atoms with van der Waals surface area (Å²) in [5.41, 5.74) is 2.50. The number of aryl methyl sites for hydroxylation is 1. The van der Waals surface area contributed by atoms with Crippen LogP contribution in [-0.2, 0) is 20.9 Å². The zero-order valence-electron chi connectivity index (χ0n) is 19.4. The van der Waals surface area contributed by atoms with E-state index >= 15 is 0 Å². The number of esters is 1. The number of carbonyl (C=O) groups is 2. The van der Waals surface area contributed by atoms with Gasteiger partial charge in [0.05, 0.1) is 36.9 Å². The topological polar surface area (TPSA) is 86.8 Å². The maximum absolute atomic E-state index is 12.6. The van der Waals surface area contributed by atoms with Gasteiger partial charge < -0.3 is 19.5 Å². The molecule has 0 aliphatic carbocycles. The fourth-order valence-corrected chi connectivity index (χ4v) is 3.79. The minimum absolute atomic E-state index is 0.0190. The Morgan fingerprint density at radius 1 is 1.15 bits per heavy atom. The Hall–Kier alpha value is -3.65. The highest BCUT2D eigenvalue weighted by Gasteiger charge is 2.19. The third kappa shape index (κ3) is 7.74. The number of amides is 1. The highest BCUT2D eigenvalue weighted by molar-refractivity contribution is 7.09. The summed E-state index contributed by atoms with van der Waals surface area (Å²) in [4.78, 5) is 29.1. The molecule has 0 radical (unpaired) electrons. The molecule has 1 N–H and O–H groups in total. The van der Waals surface area contributed by atoms with E-state index in [1.165, 1.54) is 6.08 Å². The van der Waals surface area contributed by atoms with E-state index in [0.717, 1.165) is 27.6 Å².